The summed E-state index contributed by atoms with van der Waals surface area (Å²) in [7, 11) is 1.94. The first-order valence-electron chi connectivity index (χ1n) is 11.8. The number of likely N-dealkylation sites (N-methyl/N-ethyl adjacent to an activating group) is 1. The van der Waals surface area contributed by atoms with Crippen molar-refractivity contribution < 1.29 is 22.7 Å². The van der Waals surface area contributed by atoms with Gasteiger partial charge >= 0.3 is 11.0 Å². The maximum Gasteiger partial charge on any atom is 0.433 e. The van der Waals surface area contributed by atoms with Crippen LogP contribution in [0.2, 0.25) is 0 Å². The van der Waals surface area contributed by atoms with Crippen LogP contribution in [0.15, 0.2) is 35.1 Å². The van der Waals surface area contributed by atoms with Gasteiger partial charge in [0.1, 0.15) is 28.9 Å². The number of hydrogen-bond acceptors (Lipinski definition) is 8. The van der Waals surface area contributed by atoms with Crippen LogP contribution in [0.3, 0.4) is 0 Å². The Morgan fingerprint density at radius 3 is 2.76 bits per heavy atom. The van der Waals surface area contributed by atoms with Crippen molar-refractivity contribution in [2.24, 2.45) is 0 Å². The summed E-state index contributed by atoms with van der Waals surface area (Å²) in [5.74, 6) is 0.315. The predicted octanol–water partition coefficient (Wildman–Crippen LogP) is 3.01. The van der Waals surface area contributed by atoms with Crippen LogP contribution in [0.5, 0.6) is 5.75 Å². The monoisotopic (exact) mass is 534 g/mol. The molecule has 9 nitrogen and oxygen atoms in total. The SMILES string of the molecule is CN1C[C@H](c2n[nH]c(=O)s2)[C@H](NC(=O)c2ccc(OCc3cc(C(F)(F)F)nc4c3CCCN4)cc2)C1. The predicted molar refractivity (Wildman–Crippen MR) is 131 cm³/mol. The Hall–Kier alpha value is -3.45. The fraction of sp³-hybridized carbons (Fsp3) is 0.417. The number of benzene rings is 1. The second-order valence-electron chi connectivity index (χ2n) is 9.19. The topological polar surface area (TPSA) is 112 Å². The second kappa shape index (κ2) is 10.1. The summed E-state index contributed by atoms with van der Waals surface area (Å²) in [6.07, 6.45) is -3.13. The average molecular weight is 535 g/mol. The third kappa shape index (κ3) is 5.62. The Morgan fingerprint density at radius 1 is 1.27 bits per heavy atom. The number of ether oxygens (including phenoxy) is 1. The van der Waals surface area contributed by atoms with E-state index < -0.39 is 11.9 Å². The summed E-state index contributed by atoms with van der Waals surface area (Å²) >= 11 is 1.04. The molecule has 196 valence electrons. The van der Waals surface area contributed by atoms with Crippen LogP contribution in [0.1, 0.15) is 44.5 Å². The minimum absolute atomic E-state index is 0.0518. The van der Waals surface area contributed by atoms with E-state index in [1.165, 1.54) is 0 Å². The molecule has 2 aliphatic rings. The smallest absolute Gasteiger partial charge is 0.433 e. The van der Waals surface area contributed by atoms with Gasteiger partial charge < -0.3 is 20.3 Å². The van der Waals surface area contributed by atoms with Gasteiger partial charge in [-0.3, -0.25) is 9.59 Å². The van der Waals surface area contributed by atoms with Crippen LogP contribution in [0.25, 0.3) is 0 Å². The molecule has 4 heterocycles. The number of H-pyrrole nitrogens is 1. The van der Waals surface area contributed by atoms with Crippen LogP contribution >= 0.6 is 11.3 Å². The molecule has 1 aromatic carbocycles. The molecule has 3 N–H and O–H groups in total. The molecule has 2 atom stereocenters. The molecule has 1 saturated heterocycles. The quantitative estimate of drug-likeness (QED) is 0.446. The van der Waals surface area contributed by atoms with Crippen molar-refractivity contribution in [1.82, 2.24) is 25.4 Å². The number of alkyl halides is 3. The van der Waals surface area contributed by atoms with Gasteiger partial charge in [-0.05, 0) is 55.8 Å². The molecule has 3 aromatic rings. The molecule has 0 saturated carbocycles. The number of aromatic amines is 1. The lowest BCUT2D eigenvalue weighted by Crippen LogP contribution is -2.39. The van der Waals surface area contributed by atoms with Gasteiger partial charge in [0.15, 0.2) is 0 Å². The Bertz CT molecular complexity index is 1340. The van der Waals surface area contributed by atoms with Gasteiger partial charge in [-0.2, -0.15) is 18.3 Å². The number of likely N-dealkylation sites (tertiary alicyclic amines) is 1. The lowest BCUT2D eigenvalue weighted by molar-refractivity contribution is -0.141. The lowest BCUT2D eigenvalue weighted by Gasteiger charge is -2.22. The van der Waals surface area contributed by atoms with Crippen molar-refractivity contribution in [3.63, 3.8) is 0 Å². The summed E-state index contributed by atoms with van der Waals surface area (Å²) in [4.78, 5) is 30.0. The number of hydrogen-bond donors (Lipinski definition) is 3. The number of nitrogens with one attached hydrogen (secondary N) is 3. The number of halogens is 3. The first kappa shape index (κ1) is 25.2. The molecular weight excluding hydrogens is 509 g/mol. The van der Waals surface area contributed by atoms with Gasteiger partial charge in [0.05, 0.1) is 6.04 Å². The molecule has 1 fully saturated rings. The van der Waals surface area contributed by atoms with Crippen LogP contribution in [-0.4, -0.2) is 58.7 Å². The highest BCUT2D eigenvalue weighted by Gasteiger charge is 2.36. The molecule has 1 amide bonds. The maximum atomic E-state index is 13.3. The average Bonchev–Trinajstić information content (AvgIpc) is 3.46. The minimum atomic E-state index is -4.56. The first-order chi connectivity index (χ1) is 17.7. The fourth-order valence-corrected chi connectivity index (χ4v) is 5.47. The molecule has 13 heteroatoms. The highest BCUT2D eigenvalue weighted by Crippen LogP contribution is 2.34. The number of anilines is 1. The molecule has 37 heavy (non-hydrogen) atoms. The zero-order valence-electron chi connectivity index (χ0n) is 19.9. The van der Waals surface area contributed by atoms with Gasteiger partial charge in [0, 0.05) is 36.7 Å². The lowest BCUT2D eigenvalue weighted by atomic mass is 10.0. The van der Waals surface area contributed by atoms with Gasteiger partial charge in [-0.15, -0.1) is 0 Å². The van der Waals surface area contributed by atoms with E-state index in [0.29, 0.717) is 47.9 Å². The number of carbonyl (C=O) groups is 1. The van der Waals surface area contributed by atoms with Gasteiger partial charge in [0.2, 0.25) is 0 Å². The first-order valence-corrected chi connectivity index (χ1v) is 12.6. The third-order valence-corrected chi connectivity index (χ3v) is 7.38. The molecule has 0 aliphatic carbocycles. The molecule has 2 aromatic heterocycles. The van der Waals surface area contributed by atoms with Gasteiger partial charge in [-0.1, -0.05) is 11.3 Å². The van der Waals surface area contributed by atoms with Crippen molar-refractivity contribution in [3.8, 4) is 5.75 Å². The van der Waals surface area contributed by atoms with E-state index in [0.717, 1.165) is 29.4 Å². The normalized spacial score (nSPS) is 19.8. The second-order valence-corrected chi connectivity index (χ2v) is 10.2. The molecule has 0 radical (unpaired) electrons. The number of nitrogens with zero attached hydrogens (tertiary/aromatic N) is 3. The number of fused-ring (bicyclic) bond motifs is 1. The summed E-state index contributed by atoms with van der Waals surface area (Å²) in [5.41, 5.74) is 0.627. The number of aromatic nitrogens is 3. The number of rotatable bonds is 6. The van der Waals surface area contributed by atoms with E-state index >= 15 is 0 Å². The number of carbonyl (C=O) groups excluding carboxylic acids is 1. The van der Waals surface area contributed by atoms with Crippen LogP contribution in [0, 0.1) is 0 Å². The zero-order chi connectivity index (χ0) is 26.2. The maximum absolute atomic E-state index is 13.3. The Morgan fingerprint density at radius 2 is 2.05 bits per heavy atom. The van der Waals surface area contributed by atoms with Crippen LogP contribution < -0.4 is 20.2 Å². The van der Waals surface area contributed by atoms with E-state index in [9.17, 15) is 22.8 Å². The highest BCUT2D eigenvalue weighted by molar-refractivity contribution is 7.08. The van der Waals surface area contributed by atoms with E-state index in [-0.39, 0.29) is 35.2 Å². The van der Waals surface area contributed by atoms with Crippen LogP contribution in [0.4, 0.5) is 19.0 Å². The molecule has 5 rings (SSSR count). The van der Waals surface area contributed by atoms with E-state index in [2.05, 4.69) is 30.7 Å². The highest BCUT2D eigenvalue weighted by atomic mass is 32.1. The number of amides is 1. The molecule has 2 aliphatic heterocycles. The van der Waals surface area contributed by atoms with Crippen LogP contribution in [-0.2, 0) is 19.2 Å². The van der Waals surface area contributed by atoms with Crippen molar-refractivity contribution in [3.05, 3.63) is 67.4 Å². The van der Waals surface area contributed by atoms with E-state index in [4.69, 9.17) is 4.74 Å². The minimum Gasteiger partial charge on any atom is -0.489 e. The Balaban J connectivity index is 1.25. The van der Waals surface area contributed by atoms with Gasteiger partial charge in [-0.25, -0.2) is 10.1 Å². The van der Waals surface area contributed by atoms with Gasteiger partial charge in [0.25, 0.3) is 5.91 Å². The molecule has 0 bridgehead atoms. The number of pyridine rings is 1. The van der Waals surface area contributed by atoms with Crippen molar-refractivity contribution in [2.75, 3.05) is 32.0 Å². The third-order valence-electron chi connectivity index (χ3n) is 6.50. The molecular formula is C24H25F3N6O3S. The largest absolute Gasteiger partial charge is 0.489 e. The van der Waals surface area contributed by atoms with E-state index in [1.807, 2.05) is 7.05 Å². The fourth-order valence-electron chi connectivity index (χ4n) is 4.71. The molecule has 0 unspecified atom stereocenters. The standard InChI is InChI=1S/C24H25F3N6O3S/c1-33-10-17(22-31-32-23(35)37-22)18(11-33)29-21(34)13-4-6-15(7-5-13)36-12-14-9-19(24(25,26)27)30-20-16(14)3-2-8-28-20/h4-7,9,17-18H,2-3,8,10-12H2,1H3,(H,28,30)(H,29,34)(H,32,35)/t17-,18+/m0/s1. The van der Waals surface area contributed by atoms with Crippen molar-refractivity contribution in [1.29, 1.82) is 0 Å². The van der Waals surface area contributed by atoms with Crippen molar-refractivity contribution >= 4 is 23.1 Å². The van der Waals surface area contributed by atoms with E-state index in [1.54, 1.807) is 24.3 Å². The zero-order valence-corrected chi connectivity index (χ0v) is 20.7. The van der Waals surface area contributed by atoms with Crippen molar-refractivity contribution in [2.45, 2.75) is 37.6 Å². The Labute approximate surface area is 214 Å². The summed E-state index contributed by atoms with van der Waals surface area (Å²) in [6.45, 7) is 1.81. The summed E-state index contributed by atoms with van der Waals surface area (Å²) < 4.78 is 45.7. The summed E-state index contributed by atoms with van der Waals surface area (Å²) in [5, 5.41) is 13.1. The molecule has 0 spiro atoms. The Kier molecular flexibility index (Phi) is 6.90. The summed E-state index contributed by atoms with van der Waals surface area (Å²) in [6, 6.07) is 7.28.